The van der Waals surface area contributed by atoms with Crippen molar-refractivity contribution in [2.24, 2.45) is 50.2 Å². The monoisotopic (exact) mass is 968 g/mol. The van der Waals surface area contributed by atoms with Crippen molar-refractivity contribution in [3.8, 4) is 0 Å². The fraction of sp³-hybridized carbons (Fsp3) is 0.898. The average molecular weight is 969 g/mol. The van der Waals surface area contributed by atoms with Crippen molar-refractivity contribution >= 4 is 18.2 Å². The number of aliphatic hydroxyl groups is 8. The Morgan fingerprint density at radius 1 is 0.721 bits per heavy atom. The zero-order chi connectivity index (χ0) is 49.7. The number of aliphatic hydroxyl groups excluding tert-OH is 8. The number of hydrogen-bond donors (Lipinski definition) is 8. The highest BCUT2D eigenvalue weighted by atomic mass is 16.8. The molecule has 8 N–H and O–H groups in total. The maximum Gasteiger partial charge on any atom is 0.337 e. The quantitative estimate of drug-likeness (QED) is 0.0650. The molecule has 19 heteroatoms. The molecule has 0 unspecified atom stereocenters. The Morgan fingerprint density at radius 2 is 1.40 bits per heavy atom. The van der Waals surface area contributed by atoms with Gasteiger partial charge in [-0.05, 0) is 104 Å². The lowest BCUT2D eigenvalue weighted by Crippen LogP contribution is -2.68. The molecule has 0 radical (unpaired) electrons. The fourth-order valence-electron chi connectivity index (χ4n) is 15.0. The molecule has 386 valence electrons. The van der Waals surface area contributed by atoms with Crippen molar-refractivity contribution < 1.29 is 93.1 Å². The van der Waals surface area contributed by atoms with Gasteiger partial charge >= 0.3 is 11.9 Å². The predicted octanol–water partition coefficient (Wildman–Crippen LogP) is 0.793. The van der Waals surface area contributed by atoms with Crippen LogP contribution < -0.4 is 0 Å². The van der Waals surface area contributed by atoms with Crippen LogP contribution in [0.25, 0.3) is 0 Å². The van der Waals surface area contributed by atoms with Gasteiger partial charge in [0.1, 0.15) is 67.3 Å². The molecule has 0 bridgehead atoms. The minimum atomic E-state index is -1.98. The van der Waals surface area contributed by atoms with E-state index in [9.17, 15) is 55.2 Å². The summed E-state index contributed by atoms with van der Waals surface area (Å²) in [5, 5.41) is 85.9. The van der Waals surface area contributed by atoms with Gasteiger partial charge in [-0.3, -0.25) is 4.79 Å². The molecule has 0 aromatic rings. The maximum atomic E-state index is 13.9. The molecule has 7 fully saturated rings. The minimum Gasteiger partial charge on any atom is -0.469 e. The first-order valence-corrected chi connectivity index (χ1v) is 24.5. The summed E-state index contributed by atoms with van der Waals surface area (Å²) in [6, 6.07) is 0. The number of carbonyl (C=O) groups is 3. The number of carbonyl (C=O) groups excluding carboxylic acids is 3. The molecule has 0 spiro atoms. The lowest BCUT2D eigenvalue weighted by Gasteiger charge is -2.71. The number of ether oxygens (including phenoxy) is 8. The Bertz CT molecular complexity index is 1910. The van der Waals surface area contributed by atoms with Crippen LogP contribution >= 0.6 is 0 Å². The lowest BCUT2D eigenvalue weighted by atomic mass is 9.33. The molecular weight excluding hydrogens is 893 g/mol. The third-order valence-electron chi connectivity index (χ3n) is 19.3. The van der Waals surface area contributed by atoms with Gasteiger partial charge in [0.05, 0.1) is 44.4 Å². The first kappa shape index (κ1) is 52.1. The van der Waals surface area contributed by atoms with Crippen LogP contribution in [-0.4, -0.2) is 179 Å². The Hall–Kier alpha value is -2.21. The van der Waals surface area contributed by atoms with E-state index in [2.05, 4.69) is 40.7 Å². The molecule has 8 rings (SSSR count). The number of fused-ring (bicyclic) bond motifs is 7. The number of esters is 2. The van der Waals surface area contributed by atoms with Crippen LogP contribution in [-0.2, 0) is 52.3 Å². The number of allylic oxidation sites excluding steroid dienone is 2. The second-order valence-corrected chi connectivity index (χ2v) is 23.1. The highest BCUT2D eigenvalue weighted by Gasteiger charge is 2.71. The summed E-state index contributed by atoms with van der Waals surface area (Å²) in [6.45, 7) is 12.2. The molecule has 5 aliphatic carbocycles. The number of hydrogen-bond acceptors (Lipinski definition) is 19. The van der Waals surface area contributed by atoms with Crippen molar-refractivity contribution in [1.82, 2.24) is 0 Å². The fourth-order valence-corrected chi connectivity index (χ4v) is 15.0. The molecular formula is C49H76O19. The van der Waals surface area contributed by atoms with Crippen LogP contribution in [0.2, 0.25) is 0 Å². The van der Waals surface area contributed by atoms with E-state index in [0.717, 1.165) is 58.3 Å². The van der Waals surface area contributed by atoms with Gasteiger partial charge in [-0.15, -0.1) is 0 Å². The number of rotatable bonds is 10. The van der Waals surface area contributed by atoms with Crippen molar-refractivity contribution in [2.75, 3.05) is 27.4 Å². The highest BCUT2D eigenvalue weighted by molar-refractivity contribution is 5.78. The van der Waals surface area contributed by atoms with Crippen molar-refractivity contribution in [1.29, 1.82) is 0 Å². The first-order chi connectivity index (χ1) is 31.9. The lowest BCUT2D eigenvalue weighted by molar-refractivity contribution is -0.391. The first-order valence-electron chi connectivity index (χ1n) is 24.5. The average Bonchev–Trinajstić information content (AvgIpc) is 3.31. The van der Waals surface area contributed by atoms with Crippen molar-refractivity contribution in [3.05, 3.63) is 11.6 Å². The van der Waals surface area contributed by atoms with Crippen molar-refractivity contribution in [2.45, 2.75) is 198 Å². The highest BCUT2D eigenvalue weighted by Crippen LogP contribution is 2.76. The zero-order valence-corrected chi connectivity index (χ0v) is 40.6. The van der Waals surface area contributed by atoms with Crippen molar-refractivity contribution in [3.63, 3.8) is 0 Å². The van der Waals surface area contributed by atoms with Gasteiger partial charge in [0.25, 0.3) is 0 Å². The van der Waals surface area contributed by atoms with E-state index in [4.69, 9.17) is 37.9 Å². The number of aldehydes is 1. The van der Waals surface area contributed by atoms with Crippen LogP contribution in [0.4, 0.5) is 0 Å². The van der Waals surface area contributed by atoms with Gasteiger partial charge in [-0.2, -0.15) is 0 Å². The van der Waals surface area contributed by atoms with Gasteiger partial charge in [0.15, 0.2) is 25.0 Å². The summed E-state index contributed by atoms with van der Waals surface area (Å²) in [7, 11) is 2.56. The summed E-state index contributed by atoms with van der Waals surface area (Å²) in [5.74, 6) is -1.20. The second kappa shape index (κ2) is 18.7. The molecule has 0 amide bonds. The molecule has 0 aromatic carbocycles. The molecule has 0 aromatic heterocycles. The summed E-state index contributed by atoms with van der Waals surface area (Å²) in [4.78, 5) is 41.0. The summed E-state index contributed by atoms with van der Waals surface area (Å²) < 4.78 is 47.2. The SMILES string of the molecule is COC(=O)[C@H]1O[C@@H](O[C@H]2CC[C@]3(C)[C@H]4CC=C5[C@@H]6CC(C)(C)CC[C@]6(C(=O)OC)CC[C@@]5(C)[C@]4(C)CC[C@H]3[C@]2(C)C=O)[C@H](O[C@@H]2O[C@H](CO)[C@H](O)[C@H](O)[C@H]2O)[C@@H](O[C@@H]2OC[C@H](O)[C@H](O)[C@H]2O)[C@@H]1O. The zero-order valence-electron chi connectivity index (χ0n) is 40.6. The molecule has 8 aliphatic rings. The summed E-state index contributed by atoms with van der Waals surface area (Å²) >= 11 is 0. The molecule has 3 aliphatic heterocycles. The maximum absolute atomic E-state index is 13.9. The van der Waals surface area contributed by atoms with Gasteiger partial charge in [-0.25, -0.2) is 4.79 Å². The molecule has 3 heterocycles. The normalized spacial score (nSPS) is 52.2. The number of methoxy groups -OCH3 is 2. The Balaban J connectivity index is 1.13. The largest absolute Gasteiger partial charge is 0.469 e. The summed E-state index contributed by atoms with van der Waals surface area (Å²) in [5.41, 5.74) is -1.11. The Kier molecular flexibility index (Phi) is 14.3. The van der Waals surface area contributed by atoms with Crippen LogP contribution in [0.1, 0.15) is 106 Å². The predicted molar refractivity (Wildman–Crippen MR) is 234 cm³/mol. The van der Waals surface area contributed by atoms with E-state index >= 15 is 0 Å². The smallest absolute Gasteiger partial charge is 0.337 e. The third kappa shape index (κ3) is 8.05. The summed E-state index contributed by atoms with van der Waals surface area (Å²) in [6.07, 6.45) is -15.0. The minimum absolute atomic E-state index is 0.0588. The van der Waals surface area contributed by atoms with Crippen LogP contribution in [0.3, 0.4) is 0 Å². The van der Waals surface area contributed by atoms with Gasteiger partial charge in [-0.1, -0.05) is 53.2 Å². The topological polar surface area (TPSA) is 287 Å². The van der Waals surface area contributed by atoms with Crippen LogP contribution in [0.5, 0.6) is 0 Å². The van der Waals surface area contributed by atoms with Gasteiger partial charge in [0.2, 0.25) is 0 Å². The standard InChI is InChI=1S/C49H76O19/c1-44(2)15-17-49(43(60)62-8)18-16-47(5)23(24(49)19-44)9-10-28-45(3)13-12-29(46(4,22-51)27(45)11-14-48(28,47)6)65-42-38(68-41-34(57)32(55)31(54)26(20-50)64-41)36(35(58)37(67-42)39(59)61-7)66-40-33(56)30(53)25(52)21-63-40/h9,22,24-38,40-42,50,52-58H,10-21H2,1-8H3/t24-,25-,26+,27+,28+,29-,30-,31-,32-,33+,34+,35-,36-,37-,38+,40-,41-,42+,45-,46-,47+,48+,49-/m0/s1. The van der Waals surface area contributed by atoms with E-state index < -0.39 is 122 Å². The molecule has 19 nitrogen and oxygen atoms in total. The van der Waals surface area contributed by atoms with E-state index in [0.29, 0.717) is 19.3 Å². The van der Waals surface area contributed by atoms with Gasteiger partial charge < -0.3 is 83.5 Å². The Labute approximate surface area is 397 Å². The molecule has 3 saturated heterocycles. The van der Waals surface area contributed by atoms with E-state index in [-0.39, 0.29) is 45.4 Å². The van der Waals surface area contributed by atoms with E-state index in [1.807, 2.05) is 6.92 Å². The molecule has 68 heavy (non-hydrogen) atoms. The van der Waals surface area contributed by atoms with Crippen LogP contribution in [0.15, 0.2) is 11.6 Å². The molecule has 4 saturated carbocycles. The van der Waals surface area contributed by atoms with E-state index in [1.165, 1.54) is 12.7 Å². The second-order valence-electron chi connectivity index (χ2n) is 23.1. The van der Waals surface area contributed by atoms with Crippen LogP contribution in [0, 0.1) is 50.2 Å². The Morgan fingerprint density at radius 3 is 2.06 bits per heavy atom. The van der Waals surface area contributed by atoms with Gasteiger partial charge in [0, 0.05) is 0 Å². The molecule has 23 atom stereocenters. The third-order valence-corrected chi connectivity index (χ3v) is 19.3. The van der Waals surface area contributed by atoms with E-state index in [1.54, 1.807) is 0 Å².